The number of amides is 1. The number of nitrogens with zero attached hydrogens (tertiary/aromatic N) is 1. The highest BCUT2D eigenvalue weighted by Crippen LogP contribution is 2.27. The minimum absolute atomic E-state index is 0.00917. The third kappa shape index (κ3) is 4.39. The number of thioether (sulfide) groups is 1. The highest BCUT2D eigenvalue weighted by atomic mass is 32.2. The number of carbonyl (C=O) groups excluding carboxylic acids is 1. The lowest BCUT2D eigenvalue weighted by atomic mass is 9.97. The molecule has 0 radical (unpaired) electrons. The Morgan fingerprint density at radius 3 is 3.03 bits per heavy atom. The standard InChI is InChI=1S/C22H25N3O3S2/c1-12-13(2)30-22-19(12)21(27)24-18(25-22)11-29-14(3)20(26)23-9-15-8-16-6-4-5-7-17(16)28-10-15/h4-7,14-15H,8-11H2,1-3H3,(H,23,26)(H,24,25,27). The number of thiophene rings is 1. The van der Waals surface area contributed by atoms with Crippen LogP contribution in [0.3, 0.4) is 0 Å². The summed E-state index contributed by atoms with van der Waals surface area (Å²) < 4.78 is 5.79. The topological polar surface area (TPSA) is 84.1 Å². The maximum atomic E-state index is 12.5. The first-order chi connectivity index (χ1) is 14.4. The average molecular weight is 444 g/mol. The summed E-state index contributed by atoms with van der Waals surface area (Å²) in [7, 11) is 0. The summed E-state index contributed by atoms with van der Waals surface area (Å²) in [5.74, 6) is 2.29. The van der Waals surface area contributed by atoms with E-state index in [4.69, 9.17) is 4.74 Å². The van der Waals surface area contributed by atoms with Gasteiger partial charge in [-0.3, -0.25) is 9.59 Å². The highest BCUT2D eigenvalue weighted by Gasteiger charge is 2.22. The zero-order chi connectivity index (χ0) is 21.3. The normalized spacial score (nSPS) is 16.7. The molecule has 0 spiro atoms. The molecule has 1 amide bonds. The Kier molecular flexibility index (Phi) is 6.15. The third-order valence-corrected chi connectivity index (χ3v) is 7.70. The van der Waals surface area contributed by atoms with E-state index in [9.17, 15) is 9.59 Å². The van der Waals surface area contributed by atoms with Crippen LogP contribution < -0.4 is 15.6 Å². The van der Waals surface area contributed by atoms with E-state index < -0.39 is 0 Å². The van der Waals surface area contributed by atoms with Gasteiger partial charge in [0.2, 0.25) is 5.91 Å². The summed E-state index contributed by atoms with van der Waals surface area (Å²) in [6, 6.07) is 8.04. The number of rotatable bonds is 6. The second-order valence-electron chi connectivity index (χ2n) is 7.66. The number of aromatic amines is 1. The number of aryl methyl sites for hydroxylation is 2. The van der Waals surface area contributed by atoms with Crippen molar-refractivity contribution in [1.82, 2.24) is 15.3 Å². The summed E-state index contributed by atoms with van der Waals surface area (Å²) in [5, 5.41) is 3.47. The quantitative estimate of drug-likeness (QED) is 0.608. The number of benzene rings is 1. The van der Waals surface area contributed by atoms with Gasteiger partial charge in [0, 0.05) is 17.3 Å². The van der Waals surface area contributed by atoms with E-state index in [0.29, 0.717) is 30.1 Å². The number of para-hydroxylation sites is 1. The summed E-state index contributed by atoms with van der Waals surface area (Å²) in [6.07, 6.45) is 0.906. The van der Waals surface area contributed by atoms with Gasteiger partial charge in [-0.25, -0.2) is 4.98 Å². The fourth-order valence-electron chi connectivity index (χ4n) is 3.56. The van der Waals surface area contributed by atoms with Gasteiger partial charge >= 0.3 is 0 Å². The molecule has 158 valence electrons. The zero-order valence-electron chi connectivity index (χ0n) is 17.3. The van der Waals surface area contributed by atoms with Crippen LogP contribution in [0.2, 0.25) is 0 Å². The zero-order valence-corrected chi connectivity index (χ0v) is 18.9. The Bertz CT molecular complexity index is 1140. The van der Waals surface area contributed by atoms with E-state index in [1.54, 1.807) is 0 Å². The number of carbonyl (C=O) groups is 1. The Morgan fingerprint density at radius 1 is 1.40 bits per heavy atom. The molecule has 2 aromatic heterocycles. The van der Waals surface area contributed by atoms with Crippen molar-refractivity contribution in [2.75, 3.05) is 13.2 Å². The number of nitrogens with one attached hydrogen (secondary N) is 2. The molecular formula is C22H25N3O3S2. The van der Waals surface area contributed by atoms with E-state index in [1.165, 1.54) is 28.7 Å². The van der Waals surface area contributed by atoms with E-state index in [-0.39, 0.29) is 22.6 Å². The molecule has 0 fully saturated rings. The molecule has 3 heterocycles. The van der Waals surface area contributed by atoms with E-state index in [1.807, 2.05) is 39.0 Å². The van der Waals surface area contributed by atoms with Crippen molar-refractivity contribution in [3.63, 3.8) is 0 Å². The number of aromatic nitrogens is 2. The molecule has 0 bridgehead atoms. The summed E-state index contributed by atoms with van der Waals surface area (Å²) in [6.45, 7) is 7.03. The SMILES string of the molecule is Cc1sc2nc(CSC(C)C(=O)NCC3COc4ccccc4C3)[nH]c(=O)c2c1C. The fraction of sp³-hybridized carbons (Fsp3) is 0.409. The van der Waals surface area contributed by atoms with Crippen molar-refractivity contribution in [3.05, 3.63) is 56.4 Å². The van der Waals surface area contributed by atoms with Gasteiger partial charge in [-0.1, -0.05) is 18.2 Å². The van der Waals surface area contributed by atoms with Gasteiger partial charge in [0.05, 0.1) is 23.0 Å². The summed E-state index contributed by atoms with van der Waals surface area (Å²) in [5.41, 5.74) is 2.08. The summed E-state index contributed by atoms with van der Waals surface area (Å²) >= 11 is 3.00. The first-order valence-electron chi connectivity index (χ1n) is 10.0. The molecule has 4 rings (SSSR count). The largest absolute Gasteiger partial charge is 0.493 e. The van der Waals surface area contributed by atoms with Crippen LogP contribution in [0.1, 0.15) is 28.8 Å². The molecule has 30 heavy (non-hydrogen) atoms. The molecule has 2 N–H and O–H groups in total. The Hall–Kier alpha value is -2.32. The first-order valence-corrected chi connectivity index (χ1v) is 11.9. The monoisotopic (exact) mass is 443 g/mol. The Balaban J connectivity index is 1.30. The molecule has 3 aromatic rings. The molecule has 2 unspecified atom stereocenters. The smallest absolute Gasteiger partial charge is 0.259 e. The van der Waals surface area contributed by atoms with Gasteiger partial charge < -0.3 is 15.0 Å². The predicted octanol–water partition coefficient (Wildman–Crippen LogP) is 3.59. The number of hydrogen-bond acceptors (Lipinski definition) is 6. The number of ether oxygens (including phenoxy) is 1. The van der Waals surface area contributed by atoms with Gasteiger partial charge in [-0.2, -0.15) is 0 Å². The van der Waals surface area contributed by atoms with Crippen LogP contribution in [0.4, 0.5) is 0 Å². The van der Waals surface area contributed by atoms with Crippen molar-refractivity contribution in [1.29, 1.82) is 0 Å². The maximum absolute atomic E-state index is 12.5. The van der Waals surface area contributed by atoms with Crippen LogP contribution in [0.25, 0.3) is 10.2 Å². The van der Waals surface area contributed by atoms with Gasteiger partial charge in [-0.05, 0) is 44.4 Å². The molecule has 8 heteroatoms. The predicted molar refractivity (Wildman–Crippen MR) is 123 cm³/mol. The van der Waals surface area contributed by atoms with Gasteiger partial charge in [0.25, 0.3) is 5.56 Å². The molecule has 6 nitrogen and oxygen atoms in total. The van der Waals surface area contributed by atoms with Crippen molar-refractivity contribution in [2.24, 2.45) is 5.92 Å². The van der Waals surface area contributed by atoms with Gasteiger partial charge in [-0.15, -0.1) is 23.1 Å². The van der Waals surface area contributed by atoms with E-state index in [2.05, 4.69) is 21.4 Å². The molecule has 0 saturated heterocycles. The molecule has 1 aliphatic rings. The lowest BCUT2D eigenvalue weighted by molar-refractivity contribution is -0.120. The van der Waals surface area contributed by atoms with Crippen molar-refractivity contribution in [3.8, 4) is 5.75 Å². The van der Waals surface area contributed by atoms with E-state index in [0.717, 1.165) is 27.4 Å². The second-order valence-corrected chi connectivity index (χ2v) is 10.2. The number of H-pyrrole nitrogens is 1. The lowest BCUT2D eigenvalue weighted by Crippen LogP contribution is -2.38. The minimum atomic E-state index is -0.241. The first kappa shape index (κ1) is 20.9. The van der Waals surface area contributed by atoms with Crippen LogP contribution in [0.5, 0.6) is 5.75 Å². The molecule has 1 aliphatic heterocycles. The van der Waals surface area contributed by atoms with Crippen LogP contribution in [0, 0.1) is 19.8 Å². The van der Waals surface area contributed by atoms with Crippen LogP contribution in [-0.4, -0.2) is 34.3 Å². The van der Waals surface area contributed by atoms with Gasteiger partial charge in [0.1, 0.15) is 16.4 Å². The minimum Gasteiger partial charge on any atom is -0.493 e. The highest BCUT2D eigenvalue weighted by molar-refractivity contribution is 7.99. The maximum Gasteiger partial charge on any atom is 0.259 e. The van der Waals surface area contributed by atoms with E-state index >= 15 is 0 Å². The van der Waals surface area contributed by atoms with Crippen LogP contribution in [-0.2, 0) is 17.0 Å². The van der Waals surface area contributed by atoms with Gasteiger partial charge in [0.15, 0.2) is 0 Å². The van der Waals surface area contributed by atoms with Crippen molar-refractivity contribution < 1.29 is 9.53 Å². The Labute approximate surface area is 183 Å². The van der Waals surface area contributed by atoms with Crippen molar-refractivity contribution >= 4 is 39.2 Å². The molecular weight excluding hydrogens is 418 g/mol. The average Bonchev–Trinajstić information content (AvgIpc) is 3.03. The fourth-order valence-corrected chi connectivity index (χ4v) is 5.39. The Morgan fingerprint density at radius 2 is 2.20 bits per heavy atom. The van der Waals surface area contributed by atoms with Crippen molar-refractivity contribution in [2.45, 2.75) is 38.2 Å². The number of fused-ring (bicyclic) bond motifs is 2. The molecule has 2 atom stereocenters. The molecule has 0 aliphatic carbocycles. The summed E-state index contributed by atoms with van der Waals surface area (Å²) in [4.78, 5) is 34.2. The molecule has 1 aromatic carbocycles. The molecule has 0 saturated carbocycles. The van der Waals surface area contributed by atoms with Crippen LogP contribution >= 0.6 is 23.1 Å². The number of hydrogen-bond donors (Lipinski definition) is 2. The third-order valence-electron chi connectivity index (χ3n) is 5.45. The second kappa shape index (κ2) is 8.81. The van der Waals surface area contributed by atoms with Crippen LogP contribution in [0.15, 0.2) is 29.1 Å². The lowest BCUT2D eigenvalue weighted by Gasteiger charge is -2.25.